The Bertz CT molecular complexity index is 227. The van der Waals surface area contributed by atoms with Gasteiger partial charge in [0.1, 0.15) is 0 Å². The van der Waals surface area contributed by atoms with Crippen molar-refractivity contribution in [2.75, 3.05) is 13.1 Å². The first-order valence-corrected chi connectivity index (χ1v) is 5.61. The maximum absolute atomic E-state index is 10.7. The smallest absolute Gasteiger partial charge is 0.304 e. The zero-order valence-electron chi connectivity index (χ0n) is 8.83. The number of hydrogen-bond donors (Lipinski definition) is 1. The van der Waals surface area contributed by atoms with E-state index < -0.39 is 5.97 Å². The fourth-order valence-electron chi connectivity index (χ4n) is 2.52. The third-order valence-corrected chi connectivity index (χ3v) is 3.58. The first-order valence-electron chi connectivity index (χ1n) is 5.61. The van der Waals surface area contributed by atoms with Crippen molar-refractivity contribution in [3.63, 3.8) is 0 Å². The molecule has 2 fully saturated rings. The quantitative estimate of drug-likeness (QED) is 0.729. The molecule has 1 aliphatic carbocycles. The predicted octanol–water partition coefficient (Wildman–Crippen LogP) is 1.73. The zero-order chi connectivity index (χ0) is 10.2. The fraction of sp³-hybridized carbons (Fsp3) is 0.909. The van der Waals surface area contributed by atoms with Crippen LogP contribution in [0, 0.1) is 5.41 Å². The van der Waals surface area contributed by atoms with Gasteiger partial charge in [-0.1, -0.05) is 13.3 Å². The van der Waals surface area contributed by atoms with Crippen LogP contribution in [0.3, 0.4) is 0 Å². The first-order chi connectivity index (χ1) is 6.65. The zero-order valence-corrected chi connectivity index (χ0v) is 8.83. The number of carboxylic acids is 1. The molecule has 1 N–H and O–H groups in total. The lowest BCUT2D eigenvalue weighted by Gasteiger charge is -2.45. The Balaban J connectivity index is 1.81. The van der Waals surface area contributed by atoms with Crippen LogP contribution in [-0.4, -0.2) is 35.1 Å². The molecule has 0 amide bonds. The SMILES string of the molecule is CCCC(CC(=O)O)N1CC2(CC2)C1. The van der Waals surface area contributed by atoms with E-state index >= 15 is 0 Å². The van der Waals surface area contributed by atoms with Gasteiger partial charge in [0.05, 0.1) is 6.42 Å². The normalized spacial score (nSPS) is 25.8. The van der Waals surface area contributed by atoms with Gasteiger partial charge in [-0.15, -0.1) is 0 Å². The monoisotopic (exact) mass is 197 g/mol. The minimum absolute atomic E-state index is 0.295. The van der Waals surface area contributed by atoms with E-state index in [9.17, 15) is 4.79 Å². The molecular formula is C11H19NO2. The van der Waals surface area contributed by atoms with Crippen molar-refractivity contribution < 1.29 is 9.90 Å². The van der Waals surface area contributed by atoms with E-state index in [2.05, 4.69) is 11.8 Å². The van der Waals surface area contributed by atoms with Crippen LogP contribution in [0.1, 0.15) is 39.0 Å². The van der Waals surface area contributed by atoms with Gasteiger partial charge in [-0.05, 0) is 24.7 Å². The van der Waals surface area contributed by atoms with Gasteiger partial charge in [-0.2, -0.15) is 0 Å². The summed E-state index contributed by atoms with van der Waals surface area (Å²) in [5.41, 5.74) is 0.643. The van der Waals surface area contributed by atoms with E-state index in [1.165, 1.54) is 12.8 Å². The number of rotatable bonds is 5. The molecule has 0 aromatic carbocycles. The highest BCUT2D eigenvalue weighted by atomic mass is 16.4. The summed E-state index contributed by atoms with van der Waals surface area (Å²) in [5.74, 6) is -0.653. The van der Waals surface area contributed by atoms with Gasteiger partial charge in [-0.3, -0.25) is 9.69 Å². The Morgan fingerprint density at radius 1 is 1.50 bits per heavy atom. The molecule has 2 aliphatic rings. The molecule has 1 atom stereocenters. The maximum Gasteiger partial charge on any atom is 0.304 e. The molecule has 1 saturated carbocycles. The summed E-state index contributed by atoms with van der Waals surface area (Å²) in [7, 11) is 0. The number of carboxylic acid groups (broad SMARTS) is 1. The molecule has 0 aromatic rings. The molecule has 1 unspecified atom stereocenters. The van der Waals surface area contributed by atoms with E-state index in [0.717, 1.165) is 25.9 Å². The maximum atomic E-state index is 10.7. The van der Waals surface area contributed by atoms with Crippen molar-refractivity contribution in [1.82, 2.24) is 4.90 Å². The molecule has 0 radical (unpaired) electrons. The summed E-state index contributed by atoms with van der Waals surface area (Å²) < 4.78 is 0. The highest BCUT2D eigenvalue weighted by Crippen LogP contribution is 2.53. The van der Waals surface area contributed by atoms with Crippen molar-refractivity contribution in [2.24, 2.45) is 5.41 Å². The van der Waals surface area contributed by atoms with E-state index in [1.807, 2.05) is 0 Å². The van der Waals surface area contributed by atoms with Crippen LogP contribution in [0.4, 0.5) is 0 Å². The topological polar surface area (TPSA) is 40.5 Å². The molecule has 0 bridgehead atoms. The Hall–Kier alpha value is -0.570. The third kappa shape index (κ3) is 1.92. The summed E-state index contributed by atoms with van der Waals surface area (Å²) >= 11 is 0. The van der Waals surface area contributed by atoms with Crippen LogP contribution < -0.4 is 0 Å². The van der Waals surface area contributed by atoms with E-state index in [-0.39, 0.29) is 0 Å². The largest absolute Gasteiger partial charge is 0.481 e. The Kier molecular flexibility index (Phi) is 2.52. The van der Waals surface area contributed by atoms with E-state index in [4.69, 9.17) is 5.11 Å². The highest BCUT2D eigenvalue weighted by Gasteiger charge is 2.53. The van der Waals surface area contributed by atoms with Gasteiger partial charge >= 0.3 is 5.97 Å². The third-order valence-electron chi connectivity index (χ3n) is 3.58. The highest BCUT2D eigenvalue weighted by molar-refractivity contribution is 5.67. The van der Waals surface area contributed by atoms with Crippen LogP contribution in [0.2, 0.25) is 0 Å². The molecule has 80 valence electrons. The van der Waals surface area contributed by atoms with E-state index in [1.54, 1.807) is 0 Å². The second-order valence-corrected chi connectivity index (χ2v) is 4.95. The second kappa shape index (κ2) is 3.54. The van der Waals surface area contributed by atoms with Crippen molar-refractivity contribution >= 4 is 5.97 Å². The van der Waals surface area contributed by atoms with Gasteiger partial charge in [0.25, 0.3) is 0 Å². The van der Waals surface area contributed by atoms with Crippen molar-refractivity contribution in [2.45, 2.75) is 45.1 Å². The lowest BCUT2D eigenvalue weighted by molar-refractivity contribution is -0.139. The molecule has 1 aliphatic heterocycles. The van der Waals surface area contributed by atoms with Crippen LogP contribution in [-0.2, 0) is 4.79 Å². The summed E-state index contributed by atoms with van der Waals surface area (Å²) in [5, 5.41) is 8.80. The van der Waals surface area contributed by atoms with Crippen LogP contribution >= 0.6 is 0 Å². The summed E-state index contributed by atoms with van der Waals surface area (Å²) in [6.07, 6.45) is 5.18. The molecule has 3 nitrogen and oxygen atoms in total. The van der Waals surface area contributed by atoms with Crippen molar-refractivity contribution in [3.8, 4) is 0 Å². The van der Waals surface area contributed by atoms with E-state index in [0.29, 0.717) is 17.9 Å². The minimum Gasteiger partial charge on any atom is -0.481 e. The molecule has 1 heterocycles. The lowest BCUT2D eigenvalue weighted by Crippen LogP contribution is -2.54. The predicted molar refractivity (Wildman–Crippen MR) is 54.2 cm³/mol. The average molecular weight is 197 g/mol. The molecule has 1 saturated heterocycles. The minimum atomic E-state index is -0.653. The average Bonchev–Trinajstić information content (AvgIpc) is 2.78. The molecule has 2 rings (SSSR count). The van der Waals surface area contributed by atoms with Gasteiger partial charge < -0.3 is 5.11 Å². The first kappa shape index (κ1) is 9.97. The van der Waals surface area contributed by atoms with Gasteiger partial charge in [0.2, 0.25) is 0 Å². The molecular weight excluding hydrogens is 178 g/mol. The summed E-state index contributed by atoms with van der Waals surface area (Å²) in [6.45, 7) is 4.44. The van der Waals surface area contributed by atoms with Crippen LogP contribution in [0.5, 0.6) is 0 Å². The van der Waals surface area contributed by atoms with Crippen LogP contribution in [0.25, 0.3) is 0 Å². The second-order valence-electron chi connectivity index (χ2n) is 4.95. The molecule has 3 heteroatoms. The van der Waals surface area contributed by atoms with Crippen LogP contribution in [0.15, 0.2) is 0 Å². The number of likely N-dealkylation sites (tertiary alicyclic amines) is 1. The fourth-order valence-corrected chi connectivity index (χ4v) is 2.52. The van der Waals surface area contributed by atoms with Crippen molar-refractivity contribution in [1.29, 1.82) is 0 Å². The summed E-state index contributed by atoms with van der Waals surface area (Å²) in [4.78, 5) is 13.0. The summed E-state index contributed by atoms with van der Waals surface area (Å²) in [6, 6.07) is 0.295. The van der Waals surface area contributed by atoms with Gasteiger partial charge in [0, 0.05) is 19.1 Å². The number of carbonyl (C=O) groups is 1. The van der Waals surface area contributed by atoms with Crippen molar-refractivity contribution in [3.05, 3.63) is 0 Å². The van der Waals surface area contributed by atoms with Gasteiger partial charge in [0.15, 0.2) is 0 Å². The lowest BCUT2D eigenvalue weighted by atomic mass is 9.92. The Morgan fingerprint density at radius 3 is 2.57 bits per heavy atom. The molecule has 14 heavy (non-hydrogen) atoms. The Labute approximate surface area is 85.1 Å². The number of nitrogens with zero attached hydrogens (tertiary/aromatic N) is 1. The number of aliphatic carboxylic acids is 1. The number of hydrogen-bond acceptors (Lipinski definition) is 2. The standard InChI is InChI=1S/C11H19NO2/c1-2-3-9(6-10(13)14)12-7-11(8-12)4-5-11/h9H,2-8H2,1H3,(H,13,14). The molecule has 1 spiro atoms. The Morgan fingerprint density at radius 2 is 2.14 bits per heavy atom. The molecule has 0 aromatic heterocycles. The van der Waals surface area contributed by atoms with Gasteiger partial charge in [-0.25, -0.2) is 0 Å².